The molecule has 0 spiro atoms. The highest BCUT2D eigenvalue weighted by atomic mass is 79.9. The van der Waals surface area contributed by atoms with Gasteiger partial charge in [-0.3, -0.25) is 0 Å². The molecule has 2 fully saturated rings. The van der Waals surface area contributed by atoms with E-state index in [1.165, 1.54) is 23.2 Å². The van der Waals surface area contributed by atoms with E-state index in [2.05, 4.69) is 94.7 Å². The van der Waals surface area contributed by atoms with Crippen molar-refractivity contribution in [1.82, 2.24) is 0 Å². The van der Waals surface area contributed by atoms with Gasteiger partial charge in [-0.2, -0.15) is 0 Å². The lowest BCUT2D eigenvalue weighted by Crippen LogP contribution is -2.23. The van der Waals surface area contributed by atoms with Gasteiger partial charge in [-0.1, -0.05) is 58.9 Å². The summed E-state index contributed by atoms with van der Waals surface area (Å²) in [4.78, 5) is 2.54. The molecule has 2 aromatic rings. The van der Waals surface area contributed by atoms with Crippen molar-refractivity contribution in [2.45, 2.75) is 6.42 Å². The van der Waals surface area contributed by atoms with Gasteiger partial charge in [0.15, 0.2) is 0 Å². The number of rotatable bonds is 4. The Labute approximate surface area is 159 Å². The molecule has 0 aromatic heterocycles. The van der Waals surface area contributed by atoms with Crippen LogP contribution >= 0.6 is 15.9 Å². The minimum atomic E-state index is 0.552. The van der Waals surface area contributed by atoms with Crippen LogP contribution < -0.4 is 4.90 Å². The highest BCUT2D eigenvalue weighted by Crippen LogP contribution is 2.51. The first kappa shape index (κ1) is 16.7. The summed E-state index contributed by atoms with van der Waals surface area (Å²) in [6, 6.07) is 19.4. The summed E-state index contributed by atoms with van der Waals surface area (Å²) in [6.45, 7) is 10.9. The van der Waals surface area contributed by atoms with E-state index in [9.17, 15) is 0 Å². The quantitative estimate of drug-likeness (QED) is 0.572. The minimum Gasteiger partial charge on any atom is -0.371 e. The highest BCUT2D eigenvalue weighted by Gasteiger charge is 2.48. The lowest BCUT2D eigenvalue weighted by Gasteiger charge is -2.24. The number of anilines is 1. The van der Waals surface area contributed by atoms with Gasteiger partial charge in [-0.05, 0) is 65.5 Å². The van der Waals surface area contributed by atoms with Crippen molar-refractivity contribution in [3.05, 3.63) is 83.9 Å². The van der Waals surface area contributed by atoms with Crippen molar-refractivity contribution in [1.29, 1.82) is 0 Å². The summed E-state index contributed by atoms with van der Waals surface area (Å²) < 4.78 is 1.13. The third-order valence-corrected chi connectivity index (χ3v) is 6.62. The van der Waals surface area contributed by atoms with Crippen LogP contribution in [0, 0.1) is 23.7 Å². The summed E-state index contributed by atoms with van der Waals surface area (Å²) in [7, 11) is 0. The van der Waals surface area contributed by atoms with E-state index in [1.807, 2.05) is 0 Å². The molecular weight excluding hydrogens is 370 g/mol. The molecule has 1 heterocycles. The zero-order chi connectivity index (χ0) is 17.4. The Hall–Kier alpha value is -1.80. The summed E-state index contributed by atoms with van der Waals surface area (Å²) in [5.41, 5.74) is 3.92. The fourth-order valence-corrected chi connectivity index (χ4v) is 5.04. The molecule has 0 N–H and O–H groups in total. The molecule has 1 saturated heterocycles. The summed E-state index contributed by atoms with van der Waals surface area (Å²) in [5, 5.41) is 0. The van der Waals surface area contributed by atoms with E-state index in [0.29, 0.717) is 23.7 Å². The average Bonchev–Trinajstić information content (AvgIpc) is 3.21. The lowest BCUT2D eigenvalue weighted by atomic mass is 9.84. The Kier molecular flexibility index (Phi) is 4.56. The van der Waals surface area contributed by atoms with Crippen LogP contribution in [0.25, 0.3) is 5.57 Å². The predicted octanol–water partition coefficient (Wildman–Crippen LogP) is 6.04. The smallest absolute Gasteiger partial charge is 0.0367 e. The summed E-state index contributed by atoms with van der Waals surface area (Å²) in [5.74, 6) is 2.50. The van der Waals surface area contributed by atoms with Gasteiger partial charge in [0.05, 0.1) is 0 Å². The molecule has 1 saturated carbocycles. The van der Waals surface area contributed by atoms with Gasteiger partial charge in [-0.25, -0.2) is 0 Å². The Bertz CT molecular complexity index is 764. The number of hydrogen-bond donors (Lipinski definition) is 0. The first-order valence-corrected chi connectivity index (χ1v) is 9.84. The molecule has 4 rings (SSSR count). The van der Waals surface area contributed by atoms with Gasteiger partial charge in [0.2, 0.25) is 0 Å². The van der Waals surface area contributed by atoms with Crippen molar-refractivity contribution in [3.63, 3.8) is 0 Å². The van der Waals surface area contributed by atoms with E-state index < -0.39 is 0 Å². The molecule has 1 aliphatic heterocycles. The van der Waals surface area contributed by atoms with Gasteiger partial charge in [0.1, 0.15) is 0 Å². The summed E-state index contributed by atoms with van der Waals surface area (Å²) >= 11 is 3.53. The minimum absolute atomic E-state index is 0.552. The van der Waals surface area contributed by atoms with E-state index in [4.69, 9.17) is 0 Å². The van der Waals surface area contributed by atoms with Gasteiger partial charge in [0, 0.05) is 23.2 Å². The number of halogens is 1. The number of hydrogen-bond acceptors (Lipinski definition) is 1. The molecule has 2 aliphatic rings. The van der Waals surface area contributed by atoms with Crippen molar-refractivity contribution in [3.8, 4) is 0 Å². The maximum atomic E-state index is 4.49. The molecule has 4 atom stereocenters. The van der Waals surface area contributed by atoms with E-state index in [1.54, 1.807) is 0 Å². The molecule has 0 amide bonds. The second kappa shape index (κ2) is 6.84. The maximum Gasteiger partial charge on any atom is 0.0367 e. The molecule has 0 radical (unpaired) electrons. The Morgan fingerprint density at radius 1 is 1.00 bits per heavy atom. The summed E-state index contributed by atoms with van der Waals surface area (Å²) in [6.07, 6.45) is 3.38. The normalized spacial score (nSPS) is 28.0. The topological polar surface area (TPSA) is 3.24 Å². The fourth-order valence-electron chi connectivity index (χ4n) is 4.78. The van der Waals surface area contributed by atoms with E-state index >= 15 is 0 Å². The Balaban J connectivity index is 1.58. The van der Waals surface area contributed by atoms with E-state index in [0.717, 1.165) is 17.6 Å². The van der Waals surface area contributed by atoms with Gasteiger partial charge >= 0.3 is 0 Å². The number of allylic oxidation sites excluding steroid dienone is 2. The number of nitrogens with zero attached hydrogens (tertiary/aromatic N) is 1. The first-order chi connectivity index (χ1) is 12.2. The van der Waals surface area contributed by atoms with Gasteiger partial charge in [0.25, 0.3) is 0 Å². The van der Waals surface area contributed by atoms with Crippen LogP contribution in [0.2, 0.25) is 0 Å². The van der Waals surface area contributed by atoms with Crippen LogP contribution in [-0.2, 0) is 0 Å². The number of fused-ring (bicyclic) bond motifs is 1. The van der Waals surface area contributed by atoms with E-state index in [-0.39, 0.29) is 0 Å². The van der Waals surface area contributed by atoms with Crippen molar-refractivity contribution >= 4 is 27.2 Å². The molecule has 128 valence electrons. The average molecular weight is 394 g/mol. The fraction of sp³-hybridized carbons (Fsp3) is 0.304. The third kappa shape index (κ3) is 3.08. The Morgan fingerprint density at radius 2 is 1.68 bits per heavy atom. The Morgan fingerprint density at radius 3 is 2.36 bits per heavy atom. The second-order valence-electron chi connectivity index (χ2n) is 7.34. The van der Waals surface area contributed by atoms with Crippen molar-refractivity contribution in [2.24, 2.45) is 23.7 Å². The van der Waals surface area contributed by atoms with Crippen LogP contribution in [0.1, 0.15) is 12.0 Å². The molecule has 1 aliphatic carbocycles. The van der Waals surface area contributed by atoms with Gasteiger partial charge < -0.3 is 4.90 Å². The standard InChI is InChI=1S/C23H24BrN/c1-3-17-13-21(16(2)18-7-5-4-6-8-18)23-15-25(14-22(17)23)20-11-9-19(24)10-12-20/h3-12,17,21-23H,1-2,13-15H2. The molecule has 4 unspecified atom stereocenters. The molecule has 1 nitrogen and oxygen atoms in total. The lowest BCUT2D eigenvalue weighted by molar-refractivity contribution is 0.417. The van der Waals surface area contributed by atoms with Crippen LogP contribution in [0.4, 0.5) is 5.69 Å². The van der Waals surface area contributed by atoms with Crippen LogP contribution in [0.3, 0.4) is 0 Å². The maximum absolute atomic E-state index is 4.49. The van der Waals surface area contributed by atoms with Crippen LogP contribution in [0.5, 0.6) is 0 Å². The molecule has 2 heteroatoms. The molecule has 0 bridgehead atoms. The first-order valence-electron chi connectivity index (χ1n) is 9.04. The molecular formula is C23H24BrN. The highest BCUT2D eigenvalue weighted by molar-refractivity contribution is 9.10. The molecule has 25 heavy (non-hydrogen) atoms. The van der Waals surface area contributed by atoms with Crippen LogP contribution in [0.15, 0.2) is 78.3 Å². The monoisotopic (exact) mass is 393 g/mol. The second-order valence-corrected chi connectivity index (χ2v) is 8.26. The molecule has 2 aromatic carbocycles. The van der Waals surface area contributed by atoms with Crippen LogP contribution in [-0.4, -0.2) is 13.1 Å². The van der Waals surface area contributed by atoms with Gasteiger partial charge in [-0.15, -0.1) is 6.58 Å². The third-order valence-electron chi connectivity index (χ3n) is 6.09. The zero-order valence-electron chi connectivity index (χ0n) is 14.4. The zero-order valence-corrected chi connectivity index (χ0v) is 16.0. The SMILES string of the molecule is C=CC1CC(C(=C)c2ccccc2)C2CN(c3ccc(Br)cc3)CC12. The predicted molar refractivity (Wildman–Crippen MR) is 111 cm³/mol. The number of benzene rings is 2. The van der Waals surface area contributed by atoms with Crippen molar-refractivity contribution < 1.29 is 0 Å². The largest absolute Gasteiger partial charge is 0.371 e. The van der Waals surface area contributed by atoms with Crippen molar-refractivity contribution in [2.75, 3.05) is 18.0 Å².